The van der Waals surface area contributed by atoms with E-state index in [0.29, 0.717) is 13.0 Å². The molecule has 1 aliphatic carbocycles. The zero-order valence-corrected chi connectivity index (χ0v) is 12.4. The molecule has 0 saturated heterocycles. The Labute approximate surface area is 121 Å². The Balaban J connectivity index is 1.76. The number of hydrogen-bond donors (Lipinski definition) is 1. The third-order valence-corrected chi connectivity index (χ3v) is 3.77. The van der Waals surface area contributed by atoms with Crippen molar-refractivity contribution in [1.29, 1.82) is 0 Å². The summed E-state index contributed by atoms with van der Waals surface area (Å²) < 4.78 is 5.24. The Bertz CT molecular complexity index is 443. The topological polar surface area (TPSA) is 38.3 Å². The standard InChI is InChI=1S/C17H25NO2/c1-2-20-11-5-10-18-17(19)13-14-8-9-15-6-3-4-7-16(15)12-14/h8-9,12H,2-7,10-11,13H2,1H3,(H,18,19). The molecule has 1 aliphatic rings. The first-order valence-electron chi connectivity index (χ1n) is 7.74. The molecular weight excluding hydrogens is 250 g/mol. The molecule has 0 radical (unpaired) electrons. The van der Waals surface area contributed by atoms with Crippen molar-refractivity contribution < 1.29 is 9.53 Å². The quantitative estimate of drug-likeness (QED) is 0.777. The predicted octanol–water partition coefficient (Wildman–Crippen LogP) is 2.65. The molecule has 0 atom stereocenters. The molecule has 0 spiro atoms. The maximum atomic E-state index is 11.9. The summed E-state index contributed by atoms with van der Waals surface area (Å²) in [5.41, 5.74) is 4.04. The van der Waals surface area contributed by atoms with Crippen molar-refractivity contribution in [2.24, 2.45) is 0 Å². The molecule has 1 N–H and O–H groups in total. The Morgan fingerprint density at radius 2 is 2.05 bits per heavy atom. The molecule has 0 aromatic heterocycles. The van der Waals surface area contributed by atoms with E-state index in [1.54, 1.807) is 0 Å². The van der Waals surface area contributed by atoms with Gasteiger partial charge in [-0.25, -0.2) is 0 Å². The predicted molar refractivity (Wildman–Crippen MR) is 80.9 cm³/mol. The van der Waals surface area contributed by atoms with Gasteiger partial charge in [-0.3, -0.25) is 4.79 Å². The summed E-state index contributed by atoms with van der Waals surface area (Å²) in [5.74, 6) is 0.109. The van der Waals surface area contributed by atoms with Crippen LogP contribution < -0.4 is 5.32 Å². The smallest absolute Gasteiger partial charge is 0.224 e. The van der Waals surface area contributed by atoms with Crippen LogP contribution in [-0.2, 0) is 28.8 Å². The number of fused-ring (bicyclic) bond motifs is 1. The van der Waals surface area contributed by atoms with Crippen LogP contribution in [0.2, 0.25) is 0 Å². The Morgan fingerprint density at radius 3 is 2.85 bits per heavy atom. The summed E-state index contributed by atoms with van der Waals surface area (Å²) in [6, 6.07) is 6.52. The van der Waals surface area contributed by atoms with Gasteiger partial charge in [0.05, 0.1) is 6.42 Å². The van der Waals surface area contributed by atoms with Crippen LogP contribution in [0.1, 0.15) is 42.9 Å². The number of benzene rings is 1. The average molecular weight is 275 g/mol. The number of hydrogen-bond acceptors (Lipinski definition) is 2. The van der Waals surface area contributed by atoms with Crippen molar-refractivity contribution in [3.8, 4) is 0 Å². The summed E-state index contributed by atoms with van der Waals surface area (Å²) in [6.45, 7) is 4.14. The lowest BCUT2D eigenvalue weighted by Crippen LogP contribution is -2.27. The summed E-state index contributed by atoms with van der Waals surface area (Å²) in [5, 5.41) is 2.95. The van der Waals surface area contributed by atoms with Crippen LogP contribution in [0.5, 0.6) is 0 Å². The summed E-state index contributed by atoms with van der Waals surface area (Å²) in [7, 11) is 0. The minimum atomic E-state index is 0.109. The van der Waals surface area contributed by atoms with Crippen molar-refractivity contribution in [2.75, 3.05) is 19.8 Å². The minimum Gasteiger partial charge on any atom is -0.382 e. The van der Waals surface area contributed by atoms with Gasteiger partial charge in [-0.15, -0.1) is 0 Å². The van der Waals surface area contributed by atoms with Crippen LogP contribution >= 0.6 is 0 Å². The second-order valence-electron chi connectivity index (χ2n) is 5.39. The molecule has 3 nitrogen and oxygen atoms in total. The highest BCUT2D eigenvalue weighted by Gasteiger charge is 2.10. The van der Waals surface area contributed by atoms with E-state index in [2.05, 4.69) is 23.5 Å². The number of nitrogens with one attached hydrogen (secondary N) is 1. The summed E-state index contributed by atoms with van der Waals surface area (Å²) in [6.07, 6.45) is 6.30. The van der Waals surface area contributed by atoms with Gasteiger partial charge in [0.1, 0.15) is 0 Å². The van der Waals surface area contributed by atoms with E-state index in [0.717, 1.165) is 25.2 Å². The maximum absolute atomic E-state index is 11.9. The molecule has 0 unspecified atom stereocenters. The fourth-order valence-electron chi connectivity index (χ4n) is 2.69. The van der Waals surface area contributed by atoms with E-state index >= 15 is 0 Å². The normalized spacial score (nSPS) is 13.8. The number of ether oxygens (including phenoxy) is 1. The average Bonchev–Trinajstić information content (AvgIpc) is 2.47. The van der Waals surface area contributed by atoms with E-state index in [-0.39, 0.29) is 5.91 Å². The number of aryl methyl sites for hydroxylation is 2. The van der Waals surface area contributed by atoms with Gasteiger partial charge in [0, 0.05) is 19.8 Å². The van der Waals surface area contributed by atoms with Gasteiger partial charge >= 0.3 is 0 Å². The van der Waals surface area contributed by atoms with Crippen LogP contribution in [0.15, 0.2) is 18.2 Å². The third kappa shape index (κ3) is 4.64. The third-order valence-electron chi connectivity index (χ3n) is 3.77. The molecule has 1 amide bonds. The highest BCUT2D eigenvalue weighted by atomic mass is 16.5. The van der Waals surface area contributed by atoms with Crippen LogP contribution in [0.4, 0.5) is 0 Å². The number of carbonyl (C=O) groups excluding carboxylic acids is 1. The van der Waals surface area contributed by atoms with Crippen LogP contribution in [-0.4, -0.2) is 25.7 Å². The number of carbonyl (C=O) groups is 1. The minimum absolute atomic E-state index is 0.109. The highest BCUT2D eigenvalue weighted by Crippen LogP contribution is 2.22. The van der Waals surface area contributed by atoms with Gasteiger partial charge in [-0.05, 0) is 55.7 Å². The SMILES string of the molecule is CCOCCCNC(=O)Cc1ccc2c(c1)CCCC2. The van der Waals surface area contributed by atoms with Crippen LogP contribution in [0, 0.1) is 0 Å². The Kier molecular flexibility index (Phi) is 6.06. The van der Waals surface area contributed by atoms with Gasteiger partial charge in [0.25, 0.3) is 0 Å². The van der Waals surface area contributed by atoms with Crippen molar-refractivity contribution in [3.05, 3.63) is 34.9 Å². The van der Waals surface area contributed by atoms with Crippen molar-refractivity contribution >= 4 is 5.91 Å². The molecule has 110 valence electrons. The molecule has 1 aromatic carbocycles. The summed E-state index contributed by atoms with van der Waals surface area (Å²) >= 11 is 0. The Morgan fingerprint density at radius 1 is 1.25 bits per heavy atom. The van der Waals surface area contributed by atoms with Gasteiger partial charge in [0.15, 0.2) is 0 Å². The largest absolute Gasteiger partial charge is 0.382 e. The molecule has 1 aromatic rings. The van der Waals surface area contributed by atoms with Gasteiger partial charge in [-0.2, -0.15) is 0 Å². The highest BCUT2D eigenvalue weighted by molar-refractivity contribution is 5.78. The second-order valence-corrected chi connectivity index (χ2v) is 5.39. The monoisotopic (exact) mass is 275 g/mol. The van der Waals surface area contributed by atoms with Crippen LogP contribution in [0.25, 0.3) is 0 Å². The van der Waals surface area contributed by atoms with Gasteiger partial charge in [0.2, 0.25) is 5.91 Å². The molecule has 0 heterocycles. The number of amides is 1. The van der Waals surface area contributed by atoms with Crippen molar-refractivity contribution in [1.82, 2.24) is 5.32 Å². The van der Waals surface area contributed by atoms with E-state index in [1.165, 1.54) is 36.8 Å². The first kappa shape index (κ1) is 15.0. The molecule has 0 bridgehead atoms. The summed E-state index contributed by atoms with van der Waals surface area (Å²) in [4.78, 5) is 11.9. The fourth-order valence-corrected chi connectivity index (χ4v) is 2.69. The lowest BCUT2D eigenvalue weighted by atomic mass is 9.90. The maximum Gasteiger partial charge on any atom is 0.224 e. The van der Waals surface area contributed by atoms with E-state index in [4.69, 9.17) is 4.74 Å². The first-order chi connectivity index (χ1) is 9.79. The number of rotatable bonds is 7. The fraction of sp³-hybridized carbons (Fsp3) is 0.588. The van der Waals surface area contributed by atoms with Crippen molar-refractivity contribution in [2.45, 2.75) is 45.4 Å². The van der Waals surface area contributed by atoms with E-state index < -0.39 is 0 Å². The zero-order chi connectivity index (χ0) is 14.2. The molecule has 0 fully saturated rings. The molecule has 20 heavy (non-hydrogen) atoms. The zero-order valence-electron chi connectivity index (χ0n) is 12.4. The first-order valence-corrected chi connectivity index (χ1v) is 7.74. The van der Waals surface area contributed by atoms with E-state index in [9.17, 15) is 4.79 Å². The molecule has 0 aliphatic heterocycles. The molecular formula is C17H25NO2. The van der Waals surface area contributed by atoms with Gasteiger partial charge < -0.3 is 10.1 Å². The van der Waals surface area contributed by atoms with E-state index in [1.807, 2.05) is 6.92 Å². The molecule has 3 heteroatoms. The molecule has 2 rings (SSSR count). The lowest BCUT2D eigenvalue weighted by Gasteiger charge is -2.16. The van der Waals surface area contributed by atoms with Crippen LogP contribution in [0.3, 0.4) is 0 Å². The van der Waals surface area contributed by atoms with Gasteiger partial charge in [-0.1, -0.05) is 18.2 Å². The molecule has 0 saturated carbocycles. The Hall–Kier alpha value is -1.35. The second kappa shape index (κ2) is 8.05. The lowest BCUT2D eigenvalue weighted by molar-refractivity contribution is -0.120. The van der Waals surface area contributed by atoms with Crippen molar-refractivity contribution in [3.63, 3.8) is 0 Å².